The van der Waals surface area contributed by atoms with Gasteiger partial charge in [0.25, 0.3) is 0 Å². The normalized spacial score (nSPS) is 17.4. The Hall–Kier alpha value is -0.0600. The summed E-state index contributed by atoms with van der Waals surface area (Å²) >= 11 is 0. The fourth-order valence-electron chi connectivity index (χ4n) is 0.406. The van der Waals surface area contributed by atoms with Gasteiger partial charge in [0.1, 0.15) is 0 Å². The van der Waals surface area contributed by atoms with Gasteiger partial charge in [-0.1, -0.05) is 13.3 Å². The zero-order chi connectivity index (χ0) is 9.83. The third-order valence-corrected chi connectivity index (χ3v) is 2.26. The van der Waals surface area contributed by atoms with Crippen LogP contribution < -0.4 is 0 Å². The molecule has 0 rings (SSSR count). The summed E-state index contributed by atoms with van der Waals surface area (Å²) in [7, 11) is -5.41. The predicted molar refractivity (Wildman–Crippen MR) is 36.7 cm³/mol. The molecule has 0 aromatic carbocycles. The van der Waals surface area contributed by atoms with E-state index in [1.165, 1.54) is 0 Å². The van der Waals surface area contributed by atoms with Gasteiger partial charge in [0.05, 0.1) is 6.61 Å². The Kier molecular flexibility index (Phi) is 4.23. The molecule has 1 N–H and O–H groups in total. The van der Waals surface area contributed by atoms with Gasteiger partial charge in [-0.05, 0) is 6.42 Å². The summed E-state index contributed by atoms with van der Waals surface area (Å²) in [6.45, 7) is 1.39. The van der Waals surface area contributed by atoms with Gasteiger partial charge in [-0.2, -0.15) is 13.2 Å². The first-order chi connectivity index (χ1) is 5.31. The van der Waals surface area contributed by atoms with Gasteiger partial charge >= 0.3 is 13.5 Å². The van der Waals surface area contributed by atoms with Crippen molar-refractivity contribution in [2.45, 2.75) is 25.7 Å². The number of rotatable bonds is 4. The minimum absolute atomic E-state index is 0.334. The SMILES string of the molecule is CCCCOP(=O)(O)C(F)(F)F. The van der Waals surface area contributed by atoms with E-state index >= 15 is 0 Å². The first kappa shape index (κ1) is 11.9. The van der Waals surface area contributed by atoms with Gasteiger partial charge in [-0.3, -0.25) is 4.57 Å². The van der Waals surface area contributed by atoms with Crippen molar-refractivity contribution in [1.29, 1.82) is 0 Å². The van der Waals surface area contributed by atoms with E-state index in [0.717, 1.165) is 0 Å². The molecular formula is C5H10F3O3P. The van der Waals surface area contributed by atoms with Crippen LogP contribution >= 0.6 is 7.60 Å². The van der Waals surface area contributed by atoms with E-state index in [0.29, 0.717) is 12.8 Å². The summed E-state index contributed by atoms with van der Waals surface area (Å²) in [5, 5.41) is 0. The van der Waals surface area contributed by atoms with Crippen molar-refractivity contribution >= 4 is 7.60 Å². The summed E-state index contributed by atoms with van der Waals surface area (Å²) in [5.74, 6) is -5.17. The lowest BCUT2D eigenvalue weighted by Gasteiger charge is -2.13. The van der Waals surface area contributed by atoms with E-state index in [4.69, 9.17) is 4.89 Å². The predicted octanol–water partition coefficient (Wildman–Crippen LogP) is 2.51. The van der Waals surface area contributed by atoms with Crippen LogP contribution in [0.25, 0.3) is 0 Å². The average Bonchev–Trinajstić information content (AvgIpc) is 1.85. The van der Waals surface area contributed by atoms with Crippen LogP contribution in [0.1, 0.15) is 19.8 Å². The Bertz CT molecular complexity index is 179. The zero-order valence-corrected chi connectivity index (χ0v) is 7.36. The van der Waals surface area contributed by atoms with Gasteiger partial charge in [0.2, 0.25) is 0 Å². The summed E-state index contributed by atoms with van der Waals surface area (Å²) in [6, 6.07) is 0. The Labute approximate surface area is 68.1 Å². The van der Waals surface area contributed by atoms with Gasteiger partial charge in [0.15, 0.2) is 0 Å². The number of hydrogen-bond acceptors (Lipinski definition) is 2. The molecule has 0 saturated heterocycles. The van der Waals surface area contributed by atoms with Crippen LogP contribution in [0.4, 0.5) is 13.2 Å². The van der Waals surface area contributed by atoms with Crippen LogP contribution in [0.3, 0.4) is 0 Å². The maximum absolute atomic E-state index is 11.6. The van der Waals surface area contributed by atoms with E-state index in [1.807, 2.05) is 0 Å². The molecule has 0 aromatic heterocycles. The minimum Gasteiger partial charge on any atom is -0.318 e. The van der Waals surface area contributed by atoms with E-state index in [-0.39, 0.29) is 6.61 Å². The summed E-state index contributed by atoms with van der Waals surface area (Å²) in [6.07, 6.45) is 0.943. The van der Waals surface area contributed by atoms with E-state index < -0.39 is 13.5 Å². The van der Waals surface area contributed by atoms with Gasteiger partial charge in [-0.15, -0.1) is 0 Å². The first-order valence-electron chi connectivity index (χ1n) is 3.35. The standard InChI is InChI=1S/C5H10F3O3P/c1-2-3-4-11-12(9,10)5(6,7)8/h2-4H2,1H3,(H,9,10). The first-order valence-corrected chi connectivity index (χ1v) is 4.93. The lowest BCUT2D eigenvalue weighted by Crippen LogP contribution is -2.11. The molecule has 0 aliphatic rings. The topological polar surface area (TPSA) is 46.5 Å². The molecule has 0 aromatic rings. The van der Waals surface area contributed by atoms with E-state index in [2.05, 4.69) is 4.52 Å². The van der Waals surface area contributed by atoms with Gasteiger partial charge in [-0.25, -0.2) is 0 Å². The largest absolute Gasteiger partial charge is 0.493 e. The second kappa shape index (κ2) is 4.25. The molecule has 0 heterocycles. The van der Waals surface area contributed by atoms with Crippen LogP contribution in [0.15, 0.2) is 0 Å². The van der Waals surface area contributed by atoms with Crippen LogP contribution in [0, 0.1) is 0 Å². The second-order valence-corrected chi connectivity index (χ2v) is 3.98. The molecule has 7 heteroatoms. The Balaban J connectivity index is 3.98. The smallest absolute Gasteiger partial charge is 0.318 e. The van der Waals surface area contributed by atoms with Crippen LogP contribution in [0.5, 0.6) is 0 Å². The van der Waals surface area contributed by atoms with Crippen molar-refractivity contribution in [2.24, 2.45) is 0 Å². The van der Waals surface area contributed by atoms with E-state index in [9.17, 15) is 17.7 Å². The molecule has 0 aliphatic heterocycles. The highest BCUT2D eigenvalue weighted by molar-refractivity contribution is 7.53. The van der Waals surface area contributed by atoms with Crippen LogP contribution in [0.2, 0.25) is 0 Å². The van der Waals surface area contributed by atoms with Crippen molar-refractivity contribution in [3.05, 3.63) is 0 Å². The van der Waals surface area contributed by atoms with Gasteiger partial charge in [0, 0.05) is 0 Å². The molecule has 0 saturated carbocycles. The molecule has 12 heavy (non-hydrogen) atoms. The molecule has 0 amide bonds. The maximum Gasteiger partial charge on any atom is 0.493 e. The highest BCUT2D eigenvalue weighted by Gasteiger charge is 2.52. The second-order valence-electron chi connectivity index (χ2n) is 2.18. The number of alkyl halides is 3. The van der Waals surface area contributed by atoms with Crippen LogP contribution in [-0.4, -0.2) is 17.4 Å². The Morgan fingerprint density at radius 3 is 2.33 bits per heavy atom. The molecule has 1 atom stereocenters. The fourth-order valence-corrected chi connectivity index (χ4v) is 0.929. The number of hydrogen-bond donors (Lipinski definition) is 1. The third kappa shape index (κ3) is 3.56. The maximum atomic E-state index is 11.6. The van der Waals surface area contributed by atoms with Crippen molar-refractivity contribution in [3.63, 3.8) is 0 Å². The molecular weight excluding hydrogens is 196 g/mol. The van der Waals surface area contributed by atoms with Gasteiger partial charge < -0.3 is 9.42 Å². The molecule has 0 bridgehead atoms. The zero-order valence-electron chi connectivity index (χ0n) is 6.47. The third-order valence-electron chi connectivity index (χ3n) is 1.08. The molecule has 3 nitrogen and oxygen atoms in total. The fraction of sp³-hybridized carbons (Fsp3) is 1.00. The summed E-state index contributed by atoms with van der Waals surface area (Å²) in [4.78, 5) is 8.29. The highest BCUT2D eigenvalue weighted by Crippen LogP contribution is 2.58. The molecule has 74 valence electrons. The molecule has 0 fully saturated rings. The number of unbranched alkanes of at least 4 members (excludes halogenated alkanes) is 1. The monoisotopic (exact) mass is 206 g/mol. The quantitative estimate of drug-likeness (QED) is 0.567. The molecule has 0 radical (unpaired) electrons. The molecule has 0 aliphatic carbocycles. The van der Waals surface area contributed by atoms with Crippen molar-refractivity contribution in [1.82, 2.24) is 0 Å². The molecule has 1 unspecified atom stereocenters. The van der Waals surface area contributed by atoms with E-state index in [1.54, 1.807) is 6.92 Å². The summed E-state index contributed by atoms with van der Waals surface area (Å²) < 4.78 is 49.0. The lowest BCUT2D eigenvalue weighted by molar-refractivity contribution is -0.0707. The van der Waals surface area contributed by atoms with Crippen LogP contribution in [-0.2, 0) is 9.09 Å². The lowest BCUT2D eigenvalue weighted by atomic mass is 10.4. The minimum atomic E-state index is -5.41. The Morgan fingerprint density at radius 2 is 2.00 bits per heavy atom. The van der Waals surface area contributed by atoms with Crippen molar-refractivity contribution in [3.8, 4) is 0 Å². The average molecular weight is 206 g/mol. The summed E-state index contributed by atoms with van der Waals surface area (Å²) in [5.41, 5.74) is 0. The Morgan fingerprint density at radius 1 is 1.50 bits per heavy atom. The highest BCUT2D eigenvalue weighted by atomic mass is 31.2. The number of halogens is 3. The van der Waals surface area contributed by atoms with Crippen molar-refractivity contribution < 1.29 is 27.2 Å². The van der Waals surface area contributed by atoms with Crippen molar-refractivity contribution in [2.75, 3.05) is 6.61 Å². The molecule has 0 spiro atoms.